The van der Waals surface area contributed by atoms with Crippen molar-refractivity contribution in [2.24, 2.45) is 0 Å². The van der Waals surface area contributed by atoms with E-state index in [1.165, 1.54) is 78.8 Å². The van der Waals surface area contributed by atoms with E-state index in [0.29, 0.717) is 26.4 Å². The summed E-state index contributed by atoms with van der Waals surface area (Å²) in [5.41, 5.74) is 20.4. The second-order valence-corrected chi connectivity index (χ2v) is 24.0. The molecule has 6 aromatic rings. The van der Waals surface area contributed by atoms with Gasteiger partial charge in [-0.15, -0.1) is 0 Å². The normalized spacial score (nSPS) is 19.7. The average Bonchev–Trinajstić information content (AvgIpc) is 3.30. The zero-order chi connectivity index (χ0) is 46.6. The predicted octanol–water partition coefficient (Wildman–Crippen LogP) is 13.0. The van der Waals surface area contributed by atoms with E-state index >= 15 is 0 Å². The van der Waals surface area contributed by atoms with Crippen LogP contribution >= 0.6 is 0 Å². The molecule has 0 radical (unpaired) electrons. The van der Waals surface area contributed by atoms with Crippen LogP contribution < -0.4 is 45.1 Å². The van der Waals surface area contributed by atoms with Crippen molar-refractivity contribution in [3.63, 3.8) is 0 Å². The molecular formula is C60H65BN2O4. The highest BCUT2D eigenvalue weighted by Crippen LogP contribution is 2.54. The van der Waals surface area contributed by atoms with Gasteiger partial charge >= 0.3 is 0 Å². The molecule has 0 fully saturated rings. The van der Waals surface area contributed by atoms with Gasteiger partial charge in [-0.1, -0.05) is 113 Å². The number of benzene rings is 6. The van der Waals surface area contributed by atoms with Gasteiger partial charge in [0.1, 0.15) is 26.4 Å². The SMILES string of the molecule is CC(C)(C)c1ccc(-c2cc3c4c(c2)N(c2ccc5c(c2)C(C)(C)CCC5(C)C)c2cc5c(cc2B4c2cc4c(cc2N3c2ccc3c(c2)OCCO3)OCCO4)C(C)(C)CCC5(C)C)cc1. The summed E-state index contributed by atoms with van der Waals surface area (Å²) in [6.45, 7) is 28.5. The van der Waals surface area contributed by atoms with Gasteiger partial charge in [0.2, 0.25) is 0 Å². The number of rotatable bonds is 3. The molecule has 67 heavy (non-hydrogen) atoms. The highest BCUT2D eigenvalue weighted by atomic mass is 16.6. The monoisotopic (exact) mass is 889 g/mol. The molecule has 6 nitrogen and oxygen atoms in total. The van der Waals surface area contributed by atoms with Crippen LogP contribution in [0.3, 0.4) is 0 Å². The van der Waals surface area contributed by atoms with Gasteiger partial charge in [-0.2, -0.15) is 0 Å². The Morgan fingerprint density at radius 1 is 0.418 bits per heavy atom. The molecule has 0 aromatic heterocycles. The van der Waals surface area contributed by atoms with E-state index in [4.69, 9.17) is 18.9 Å². The fraction of sp³-hybridized carbons (Fsp3) is 0.400. The third kappa shape index (κ3) is 6.56. The van der Waals surface area contributed by atoms with Crippen LogP contribution in [-0.2, 0) is 27.1 Å². The fourth-order valence-electron chi connectivity index (χ4n) is 12.4. The minimum atomic E-state index is -0.0907. The van der Waals surface area contributed by atoms with E-state index in [0.717, 1.165) is 59.3 Å². The molecule has 7 heteroatoms. The molecule has 0 bridgehead atoms. The van der Waals surface area contributed by atoms with Gasteiger partial charge in [-0.25, -0.2) is 0 Å². The van der Waals surface area contributed by atoms with Crippen molar-refractivity contribution in [1.82, 2.24) is 0 Å². The molecule has 0 amide bonds. The van der Waals surface area contributed by atoms with E-state index < -0.39 is 0 Å². The fourth-order valence-corrected chi connectivity index (χ4v) is 12.4. The van der Waals surface area contributed by atoms with Gasteiger partial charge in [-0.05, 0) is 157 Å². The molecule has 6 aromatic carbocycles. The van der Waals surface area contributed by atoms with Crippen molar-refractivity contribution in [3.05, 3.63) is 125 Å². The number of nitrogens with zero attached hydrogens (tertiary/aromatic N) is 2. The smallest absolute Gasteiger partial charge is 0.252 e. The third-order valence-electron chi connectivity index (χ3n) is 16.7. The first kappa shape index (κ1) is 42.5. The molecular weight excluding hydrogens is 823 g/mol. The Bertz CT molecular complexity index is 3050. The average molecular weight is 889 g/mol. The highest BCUT2D eigenvalue weighted by Gasteiger charge is 2.48. The van der Waals surface area contributed by atoms with Crippen molar-refractivity contribution in [1.29, 1.82) is 0 Å². The summed E-state index contributed by atoms with van der Waals surface area (Å²) in [5.74, 6) is 3.11. The van der Waals surface area contributed by atoms with E-state index in [-0.39, 0.29) is 33.8 Å². The van der Waals surface area contributed by atoms with Crippen molar-refractivity contribution < 1.29 is 18.9 Å². The van der Waals surface area contributed by atoms with E-state index in [1.807, 2.05) is 0 Å². The Balaban J connectivity index is 1.21. The summed E-state index contributed by atoms with van der Waals surface area (Å²) < 4.78 is 25.3. The van der Waals surface area contributed by atoms with Crippen molar-refractivity contribution in [2.75, 3.05) is 36.2 Å². The molecule has 0 unspecified atom stereocenters. The molecule has 0 saturated heterocycles. The minimum Gasteiger partial charge on any atom is -0.486 e. The zero-order valence-corrected chi connectivity index (χ0v) is 41.5. The summed E-state index contributed by atoms with van der Waals surface area (Å²) >= 11 is 0. The third-order valence-corrected chi connectivity index (χ3v) is 16.7. The lowest BCUT2D eigenvalue weighted by Crippen LogP contribution is -2.62. The van der Waals surface area contributed by atoms with E-state index in [1.54, 1.807) is 0 Å². The number of fused-ring (bicyclic) bond motifs is 8. The first-order valence-corrected chi connectivity index (χ1v) is 24.9. The predicted molar refractivity (Wildman–Crippen MR) is 277 cm³/mol. The van der Waals surface area contributed by atoms with Crippen LogP contribution in [0, 0.1) is 0 Å². The van der Waals surface area contributed by atoms with Crippen LogP contribution in [0.4, 0.5) is 34.1 Å². The molecule has 0 saturated carbocycles. The lowest BCUT2D eigenvalue weighted by atomic mass is 9.33. The number of ether oxygens (including phenoxy) is 4. The van der Waals surface area contributed by atoms with Gasteiger partial charge in [0.05, 0.1) is 5.69 Å². The van der Waals surface area contributed by atoms with Gasteiger partial charge in [-0.3, -0.25) is 0 Å². The molecule has 12 rings (SSSR count). The maximum Gasteiger partial charge on any atom is 0.252 e. The number of hydrogen-bond donors (Lipinski definition) is 0. The first-order valence-electron chi connectivity index (χ1n) is 24.9. The second kappa shape index (κ2) is 14.4. The summed E-state index contributed by atoms with van der Waals surface area (Å²) in [7, 11) is 0. The van der Waals surface area contributed by atoms with Crippen LogP contribution in [0.2, 0.25) is 0 Å². The Hall–Kier alpha value is -5.82. The Morgan fingerprint density at radius 3 is 1.48 bits per heavy atom. The molecule has 4 aliphatic heterocycles. The Labute approximate surface area is 398 Å². The van der Waals surface area contributed by atoms with Crippen molar-refractivity contribution in [3.8, 4) is 34.1 Å². The molecule has 6 aliphatic rings. The van der Waals surface area contributed by atoms with Crippen LogP contribution in [0.1, 0.15) is 130 Å². The largest absolute Gasteiger partial charge is 0.486 e. The van der Waals surface area contributed by atoms with Crippen LogP contribution in [-0.4, -0.2) is 33.1 Å². The molecule has 0 N–H and O–H groups in total. The summed E-state index contributed by atoms with van der Waals surface area (Å²) in [6, 6.07) is 37.9. The lowest BCUT2D eigenvalue weighted by molar-refractivity contribution is 0.171. The van der Waals surface area contributed by atoms with Gasteiger partial charge in [0.15, 0.2) is 23.0 Å². The topological polar surface area (TPSA) is 43.4 Å². The Morgan fingerprint density at radius 2 is 0.881 bits per heavy atom. The molecule has 2 aliphatic carbocycles. The summed E-state index contributed by atoms with van der Waals surface area (Å²) in [4.78, 5) is 5.11. The van der Waals surface area contributed by atoms with Crippen LogP contribution in [0.25, 0.3) is 11.1 Å². The second-order valence-electron chi connectivity index (χ2n) is 24.0. The summed E-state index contributed by atoms with van der Waals surface area (Å²) in [5, 5.41) is 0. The summed E-state index contributed by atoms with van der Waals surface area (Å²) in [6.07, 6.45) is 4.61. The molecule has 342 valence electrons. The number of anilines is 6. The zero-order valence-electron chi connectivity index (χ0n) is 41.5. The van der Waals surface area contributed by atoms with E-state index in [9.17, 15) is 0 Å². The lowest BCUT2D eigenvalue weighted by Gasteiger charge is -2.48. The van der Waals surface area contributed by atoms with Gasteiger partial charge in [0, 0.05) is 40.6 Å². The van der Waals surface area contributed by atoms with E-state index in [2.05, 4.69) is 183 Å². The van der Waals surface area contributed by atoms with Crippen molar-refractivity contribution >= 4 is 57.2 Å². The molecule has 0 atom stereocenters. The Kier molecular flexibility index (Phi) is 9.11. The van der Waals surface area contributed by atoms with Crippen LogP contribution in [0.15, 0.2) is 97.1 Å². The van der Waals surface area contributed by atoms with Gasteiger partial charge < -0.3 is 28.7 Å². The minimum absolute atomic E-state index is 0.0132. The standard InChI is InChI=1S/C60H65BN2O4/c1-56(2,3)38-14-12-36(13-15-38)37-28-49-55-50(29-37)63(40-17-19-51-52(31-40)65-25-24-64-51)48-35-54-53(66-26-27-67-54)34-46(48)61(55)45-32-43-44(60(10,11)23-22-59(43,8)9)33-47(45)62(49)39-16-18-41-42(30-39)58(6,7)21-20-57(41,4)5/h12-19,28-35H,20-27H2,1-11H3. The first-order chi connectivity index (χ1) is 31.8. The maximum atomic E-state index is 6.47. The quantitative estimate of drug-likeness (QED) is 0.165. The maximum absolute atomic E-state index is 6.47. The molecule has 0 spiro atoms. The van der Waals surface area contributed by atoms with Gasteiger partial charge in [0.25, 0.3) is 6.71 Å². The highest BCUT2D eigenvalue weighted by molar-refractivity contribution is 7.00. The molecule has 4 heterocycles. The van der Waals surface area contributed by atoms with Crippen LogP contribution in [0.5, 0.6) is 23.0 Å². The van der Waals surface area contributed by atoms with Crippen molar-refractivity contribution in [2.45, 2.75) is 129 Å². The number of hydrogen-bond acceptors (Lipinski definition) is 6.